The number of rotatable bonds is 3. The van der Waals surface area contributed by atoms with Crippen LogP contribution < -0.4 is 5.32 Å². The molecule has 2 heterocycles. The smallest absolute Gasteiger partial charge is 0.187 e. The Kier molecular flexibility index (Phi) is 3.89. The molecule has 0 spiro atoms. The summed E-state index contributed by atoms with van der Waals surface area (Å²) < 4.78 is 26.5. The summed E-state index contributed by atoms with van der Waals surface area (Å²) in [4.78, 5) is 2.54. The summed E-state index contributed by atoms with van der Waals surface area (Å²) in [5.74, 6) is -2.69. The number of hydrogen-bond donors (Lipinski definition) is 2. The van der Waals surface area contributed by atoms with E-state index < -0.39 is 17.4 Å². The Morgan fingerprint density at radius 3 is 2.70 bits per heavy atom. The van der Waals surface area contributed by atoms with Crippen molar-refractivity contribution < 1.29 is 13.9 Å². The maximum absolute atomic E-state index is 13.3. The van der Waals surface area contributed by atoms with Gasteiger partial charge in [-0.1, -0.05) is 0 Å². The Labute approximate surface area is 117 Å². The van der Waals surface area contributed by atoms with Gasteiger partial charge in [-0.2, -0.15) is 0 Å². The first kappa shape index (κ1) is 13.8. The van der Waals surface area contributed by atoms with Gasteiger partial charge in [0.05, 0.1) is 0 Å². The molecule has 0 saturated carbocycles. The lowest BCUT2D eigenvalue weighted by atomic mass is 9.97. The minimum absolute atomic E-state index is 0.411. The number of fused-ring (bicyclic) bond motifs is 1. The summed E-state index contributed by atoms with van der Waals surface area (Å²) in [5.41, 5.74) is 0.534. The molecule has 0 bridgehead atoms. The summed E-state index contributed by atoms with van der Waals surface area (Å²) >= 11 is 0. The molecular formula is C15H20F2N2O. The molecule has 20 heavy (non-hydrogen) atoms. The van der Waals surface area contributed by atoms with Gasteiger partial charge >= 0.3 is 0 Å². The lowest BCUT2D eigenvalue weighted by molar-refractivity contribution is 0.166. The number of phenolic OH excluding ortho intramolecular Hbond substituents is 1. The monoisotopic (exact) mass is 282 g/mol. The molecule has 1 aromatic rings. The van der Waals surface area contributed by atoms with Crippen LogP contribution in [0.1, 0.15) is 31.2 Å². The van der Waals surface area contributed by atoms with E-state index in [-0.39, 0.29) is 0 Å². The van der Waals surface area contributed by atoms with E-state index in [1.54, 1.807) is 0 Å². The second-order valence-electron chi connectivity index (χ2n) is 5.84. The largest absolute Gasteiger partial charge is 0.503 e. The fourth-order valence-corrected chi connectivity index (χ4v) is 3.39. The highest BCUT2D eigenvalue weighted by Gasteiger charge is 2.31. The number of aromatic hydroxyl groups is 1. The van der Waals surface area contributed by atoms with Crippen LogP contribution in [-0.2, 0) is 6.54 Å². The van der Waals surface area contributed by atoms with Gasteiger partial charge in [0.15, 0.2) is 17.4 Å². The van der Waals surface area contributed by atoms with Crippen molar-refractivity contribution in [3.8, 4) is 5.75 Å². The van der Waals surface area contributed by atoms with E-state index in [1.165, 1.54) is 31.5 Å². The first-order chi connectivity index (χ1) is 9.63. The van der Waals surface area contributed by atoms with Gasteiger partial charge in [0, 0.05) is 18.6 Å². The normalized spacial score (nSPS) is 26.7. The van der Waals surface area contributed by atoms with E-state index in [9.17, 15) is 8.78 Å². The number of nitrogens with zero attached hydrogens (tertiary/aromatic N) is 1. The van der Waals surface area contributed by atoms with Crippen LogP contribution in [0.5, 0.6) is 5.75 Å². The average molecular weight is 282 g/mol. The molecule has 0 aromatic heterocycles. The van der Waals surface area contributed by atoms with Gasteiger partial charge in [-0.25, -0.2) is 8.78 Å². The standard InChI is InChI=1S/C15H20F2N2O/c16-13-6-10(7-14(17)15(13)20)9-18-11-3-5-19-4-1-2-12(19)8-11/h6-7,11-12,18,20H,1-5,8-9H2. The third kappa shape index (κ3) is 2.79. The van der Waals surface area contributed by atoms with E-state index in [4.69, 9.17) is 5.11 Å². The third-order valence-corrected chi connectivity index (χ3v) is 4.49. The van der Waals surface area contributed by atoms with E-state index in [0.29, 0.717) is 24.2 Å². The topological polar surface area (TPSA) is 35.5 Å². The van der Waals surface area contributed by atoms with Crippen molar-refractivity contribution >= 4 is 0 Å². The second kappa shape index (κ2) is 5.66. The van der Waals surface area contributed by atoms with Crippen LogP contribution in [-0.4, -0.2) is 35.2 Å². The molecule has 2 unspecified atom stereocenters. The highest BCUT2D eigenvalue weighted by atomic mass is 19.1. The highest BCUT2D eigenvalue weighted by Crippen LogP contribution is 2.27. The molecule has 2 saturated heterocycles. The maximum atomic E-state index is 13.3. The molecule has 0 amide bonds. The molecular weight excluding hydrogens is 262 g/mol. The van der Waals surface area contributed by atoms with Crippen LogP contribution in [0.4, 0.5) is 8.78 Å². The predicted octanol–water partition coefficient (Wildman–Crippen LogP) is 2.39. The summed E-state index contributed by atoms with van der Waals surface area (Å²) in [7, 11) is 0. The fourth-order valence-electron chi connectivity index (χ4n) is 3.39. The molecule has 2 aliphatic rings. The van der Waals surface area contributed by atoms with Crippen molar-refractivity contribution in [3.05, 3.63) is 29.3 Å². The molecule has 1 aromatic carbocycles. The Morgan fingerprint density at radius 1 is 1.20 bits per heavy atom. The Balaban J connectivity index is 1.57. The Bertz CT molecular complexity index is 472. The van der Waals surface area contributed by atoms with Gasteiger partial charge in [0.2, 0.25) is 0 Å². The van der Waals surface area contributed by atoms with Crippen LogP contribution in [0.15, 0.2) is 12.1 Å². The van der Waals surface area contributed by atoms with Gasteiger partial charge in [-0.3, -0.25) is 0 Å². The van der Waals surface area contributed by atoms with Crippen LogP contribution in [0.3, 0.4) is 0 Å². The number of benzene rings is 1. The lowest BCUT2D eigenvalue weighted by Crippen LogP contribution is -2.45. The molecule has 2 N–H and O–H groups in total. The van der Waals surface area contributed by atoms with Crippen molar-refractivity contribution in [2.75, 3.05) is 13.1 Å². The van der Waals surface area contributed by atoms with Crippen molar-refractivity contribution in [2.45, 2.75) is 44.3 Å². The average Bonchev–Trinajstić information content (AvgIpc) is 2.89. The molecule has 3 rings (SSSR count). The minimum Gasteiger partial charge on any atom is -0.503 e. The molecule has 110 valence electrons. The molecule has 2 fully saturated rings. The van der Waals surface area contributed by atoms with E-state index in [0.717, 1.165) is 19.4 Å². The van der Waals surface area contributed by atoms with Gasteiger partial charge in [0.1, 0.15) is 0 Å². The number of phenols is 1. The molecule has 2 atom stereocenters. The van der Waals surface area contributed by atoms with Crippen molar-refractivity contribution in [1.29, 1.82) is 0 Å². The minimum atomic E-state index is -0.896. The van der Waals surface area contributed by atoms with Crippen LogP contribution in [0, 0.1) is 11.6 Å². The SMILES string of the molecule is Oc1c(F)cc(CNC2CCN3CCCC3C2)cc1F. The Morgan fingerprint density at radius 2 is 1.95 bits per heavy atom. The first-order valence-electron chi connectivity index (χ1n) is 7.28. The summed E-state index contributed by atoms with van der Waals surface area (Å²) in [6.07, 6.45) is 4.75. The van der Waals surface area contributed by atoms with Gasteiger partial charge < -0.3 is 15.3 Å². The van der Waals surface area contributed by atoms with Crippen LogP contribution in [0.25, 0.3) is 0 Å². The summed E-state index contributed by atoms with van der Waals surface area (Å²) in [5, 5.41) is 12.5. The molecule has 5 heteroatoms. The Hall–Kier alpha value is -1.20. The third-order valence-electron chi connectivity index (χ3n) is 4.49. The van der Waals surface area contributed by atoms with E-state index in [1.807, 2.05) is 0 Å². The highest BCUT2D eigenvalue weighted by molar-refractivity contribution is 5.30. The number of piperidine rings is 1. The molecule has 3 nitrogen and oxygen atoms in total. The van der Waals surface area contributed by atoms with Crippen LogP contribution in [0.2, 0.25) is 0 Å². The van der Waals surface area contributed by atoms with Gasteiger partial charge in [-0.05, 0) is 56.5 Å². The van der Waals surface area contributed by atoms with E-state index in [2.05, 4.69) is 10.2 Å². The zero-order valence-electron chi connectivity index (χ0n) is 11.4. The predicted molar refractivity (Wildman–Crippen MR) is 72.5 cm³/mol. The number of hydrogen-bond acceptors (Lipinski definition) is 3. The summed E-state index contributed by atoms with van der Waals surface area (Å²) in [6, 6.07) is 3.47. The van der Waals surface area contributed by atoms with Crippen molar-refractivity contribution in [3.63, 3.8) is 0 Å². The van der Waals surface area contributed by atoms with Crippen LogP contribution >= 0.6 is 0 Å². The first-order valence-corrected chi connectivity index (χ1v) is 7.28. The quantitative estimate of drug-likeness (QED) is 0.893. The number of nitrogens with one attached hydrogen (secondary N) is 1. The van der Waals surface area contributed by atoms with Crippen molar-refractivity contribution in [1.82, 2.24) is 10.2 Å². The zero-order chi connectivity index (χ0) is 14.1. The van der Waals surface area contributed by atoms with Gasteiger partial charge in [0.25, 0.3) is 0 Å². The maximum Gasteiger partial charge on any atom is 0.187 e. The van der Waals surface area contributed by atoms with E-state index >= 15 is 0 Å². The number of halogens is 2. The zero-order valence-corrected chi connectivity index (χ0v) is 11.4. The fraction of sp³-hybridized carbons (Fsp3) is 0.600. The summed E-state index contributed by atoms with van der Waals surface area (Å²) in [6.45, 7) is 2.76. The molecule has 0 radical (unpaired) electrons. The molecule has 0 aliphatic carbocycles. The molecule has 2 aliphatic heterocycles. The lowest BCUT2D eigenvalue weighted by Gasteiger charge is -2.35. The van der Waals surface area contributed by atoms with Gasteiger partial charge in [-0.15, -0.1) is 0 Å². The van der Waals surface area contributed by atoms with Crippen molar-refractivity contribution in [2.24, 2.45) is 0 Å². The second-order valence-corrected chi connectivity index (χ2v) is 5.84.